The molecule has 0 N–H and O–H groups in total. The zero-order valence-corrected chi connectivity index (χ0v) is 11.4. The lowest BCUT2D eigenvalue weighted by atomic mass is 10.0. The van der Waals surface area contributed by atoms with E-state index in [2.05, 4.69) is 9.88 Å². The number of hydrogen-bond donors (Lipinski definition) is 0. The third-order valence-corrected chi connectivity index (χ3v) is 4.73. The van der Waals surface area contributed by atoms with Crippen LogP contribution in [0.15, 0.2) is 30.5 Å². The standard InChI is InChI=1S/C15H16ClN3/c16-10-7-11-5-6-12(8-10)19(11)15-9-17-13-3-1-2-4-14(13)18-15/h1-4,9-12H,5-8H2. The number of rotatable bonds is 1. The highest BCUT2D eigenvalue weighted by Crippen LogP contribution is 2.40. The van der Waals surface area contributed by atoms with Crippen molar-refractivity contribution in [3.8, 4) is 0 Å². The minimum Gasteiger partial charge on any atom is -0.349 e. The molecule has 0 saturated carbocycles. The highest BCUT2D eigenvalue weighted by atomic mass is 35.5. The van der Waals surface area contributed by atoms with E-state index in [0.29, 0.717) is 17.5 Å². The quantitative estimate of drug-likeness (QED) is 0.746. The van der Waals surface area contributed by atoms with E-state index in [1.807, 2.05) is 30.5 Å². The zero-order chi connectivity index (χ0) is 12.8. The van der Waals surface area contributed by atoms with Gasteiger partial charge in [0.15, 0.2) is 0 Å². The predicted molar refractivity (Wildman–Crippen MR) is 77.7 cm³/mol. The van der Waals surface area contributed by atoms with Crippen LogP contribution in [0.1, 0.15) is 25.7 Å². The number of nitrogens with zero attached hydrogens (tertiary/aromatic N) is 3. The molecule has 2 unspecified atom stereocenters. The van der Waals surface area contributed by atoms with Gasteiger partial charge < -0.3 is 4.90 Å². The first-order chi connectivity index (χ1) is 9.31. The molecule has 0 aliphatic carbocycles. The lowest BCUT2D eigenvalue weighted by Crippen LogP contribution is -2.43. The lowest BCUT2D eigenvalue weighted by Gasteiger charge is -2.37. The second-order valence-corrected chi connectivity index (χ2v) is 6.20. The molecule has 4 rings (SSSR count). The van der Waals surface area contributed by atoms with Crippen LogP contribution in [-0.4, -0.2) is 27.4 Å². The van der Waals surface area contributed by atoms with Crippen LogP contribution in [0.4, 0.5) is 5.82 Å². The number of anilines is 1. The van der Waals surface area contributed by atoms with Crippen molar-refractivity contribution in [1.82, 2.24) is 9.97 Å². The molecule has 3 nitrogen and oxygen atoms in total. The number of hydrogen-bond acceptors (Lipinski definition) is 3. The SMILES string of the molecule is ClC1CC2CCC(C1)N2c1cnc2ccccc2n1. The highest BCUT2D eigenvalue weighted by molar-refractivity contribution is 6.20. The summed E-state index contributed by atoms with van der Waals surface area (Å²) in [5.74, 6) is 1.02. The molecule has 0 radical (unpaired) electrons. The molecular formula is C15H16ClN3. The number of halogens is 1. The van der Waals surface area contributed by atoms with Gasteiger partial charge in [0.05, 0.1) is 17.2 Å². The maximum atomic E-state index is 6.33. The molecule has 2 aliphatic heterocycles. The second kappa shape index (κ2) is 4.34. The normalized spacial score (nSPS) is 29.9. The van der Waals surface area contributed by atoms with Gasteiger partial charge in [0.2, 0.25) is 0 Å². The van der Waals surface area contributed by atoms with E-state index >= 15 is 0 Å². The first kappa shape index (κ1) is 11.5. The van der Waals surface area contributed by atoms with Crippen molar-refractivity contribution in [1.29, 1.82) is 0 Å². The van der Waals surface area contributed by atoms with Gasteiger partial charge >= 0.3 is 0 Å². The van der Waals surface area contributed by atoms with E-state index < -0.39 is 0 Å². The number of fused-ring (bicyclic) bond motifs is 3. The number of benzene rings is 1. The summed E-state index contributed by atoms with van der Waals surface area (Å²) in [7, 11) is 0. The first-order valence-electron chi connectivity index (χ1n) is 6.95. The Hall–Kier alpha value is -1.35. The molecule has 0 spiro atoms. The Morgan fingerprint density at radius 1 is 1.05 bits per heavy atom. The van der Waals surface area contributed by atoms with Crippen molar-refractivity contribution in [2.75, 3.05) is 4.90 Å². The van der Waals surface area contributed by atoms with Crippen LogP contribution >= 0.6 is 11.6 Å². The van der Waals surface area contributed by atoms with Gasteiger partial charge in [-0.25, -0.2) is 4.98 Å². The molecule has 2 aliphatic rings. The minimum absolute atomic E-state index is 0.335. The largest absolute Gasteiger partial charge is 0.349 e. The number of piperidine rings is 1. The number of aromatic nitrogens is 2. The van der Waals surface area contributed by atoms with Crippen molar-refractivity contribution in [3.63, 3.8) is 0 Å². The van der Waals surface area contributed by atoms with Gasteiger partial charge in [0.25, 0.3) is 0 Å². The predicted octanol–water partition coefficient (Wildman–Crippen LogP) is 3.37. The van der Waals surface area contributed by atoms with Crippen LogP contribution in [0.25, 0.3) is 11.0 Å². The van der Waals surface area contributed by atoms with E-state index in [-0.39, 0.29) is 0 Å². The van der Waals surface area contributed by atoms with Gasteiger partial charge in [-0.05, 0) is 37.8 Å². The molecule has 4 heteroatoms. The van der Waals surface area contributed by atoms with Crippen LogP contribution in [0.3, 0.4) is 0 Å². The fourth-order valence-electron chi connectivity index (χ4n) is 3.56. The molecule has 98 valence electrons. The van der Waals surface area contributed by atoms with Crippen molar-refractivity contribution in [3.05, 3.63) is 30.5 Å². The van der Waals surface area contributed by atoms with Crippen molar-refractivity contribution in [2.45, 2.75) is 43.1 Å². The number of para-hydroxylation sites is 2. The van der Waals surface area contributed by atoms with E-state index in [1.54, 1.807) is 0 Å². The van der Waals surface area contributed by atoms with E-state index in [0.717, 1.165) is 29.7 Å². The summed E-state index contributed by atoms with van der Waals surface area (Å²) >= 11 is 6.33. The third kappa shape index (κ3) is 1.88. The molecular weight excluding hydrogens is 258 g/mol. The highest BCUT2D eigenvalue weighted by Gasteiger charge is 2.40. The van der Waals surface area contributed by atoms with Crippen LogP contribution < -0.4 is 4.90 Å². The topological polar surface area (TPSA) is 29.0 Å². The molecule has 0 amide bonds. The molecule has 3 heterocycles. The fraction of sp³-hybridized carbons (Fsp3) is 0.467. The average Bonchev–Trinajstić information content (AvgIpc) is 2.70. The average molecular weight is 274 g/mol. The molecule has 2 saturated heterocycles. The van der Waals surface area contributed by atoms with Gasteiger partial charge in [0, 0.05) is 17.5 Å². The Bertz CT molecular complexity index is 601. The molecule has 2 bridgehead atoms. The molecule has 2 fully saturated rings. The summed E-state index contributed by atoms with van der Waals surface area (Å²) in [5, 5.41) is 0.335. The third-order valence-electron chi connectivity index (χ3n) is 4.38. The smallest absolute Gasteiger partial charge is 0.148 e. The van der Waals surface area contributed by atoms with Crippen molar-refractivity contribution >= 4 is 28.5 Å². The lowest BCUT2D eigenvalue weighted by molar-refractivity contribution is 0.470. The summed E-state index contributed by atoms with van der Waals surface area (Å²) in [5.41, 5.74) is 1.94. The molecule has 2 aromatic rings. The minimum atomic E-state index is 0.335. The summed E-state index contributed by atoms with van der Waals surface area (Å²) in [6.07, 6.45) is 6.55. The Kier molecular flexibility index (Phi) is 2.62. The first-order valence-corrected chi connectivity index (χ1v) is 7.39. The Balaban J connectivity index is 1.74. The summed E-state index contributed by atoms with van der Waals surface area (Å²) < 4.78 is 0. The molecule has 1 aromatic carbocycles. The maximum absolute atomic E-state index is 6.33. The summed E-state index contributed by atoms with van der Waals surface area (Å²) in [4.78, 5) is 11.8. The van der Waals surface area contributed by atoms with Gasteiger partial charge in [-0.15, -0.1) is 11.6 Å². The zero-order valence-electron chi connectivity index (χ0n) is 10.7. The van der Waals surface area contributed by atoms with Gasteiger partial charge in [0.1, 0.15) is 5.82 Å². The Morgan fingerprint density at radius 3 is 2.47 bits per heavy atom. The maximum Gasteiger partial charge on any atom is 0.148 e. The van der Waals surface area contributed by atoms with Crippen molar-refractivity contribution in [2.24, 2.45) is 0 Å². The van der Waals surface area contributed by atoms with Crippen LogP contribution in [0, 0.1) is 0 Å². The van der Waals surface area contributed by atoms with Gasteiger partial charge in [-0.1, -0.05) is 12.1 Å². The molecule has 2 atom stereocenters. The second-order valence-electron chi connectivity index (χ2n) is 5.58. The van der Waals surface area contributed by atoms with Gasteiger partial charge in [-0.3, -0.25) is 4.98 Å². The fourth-order valence-corrected chi connectivity index (χ4v) is 3.97. The monoisotopic (exact) mass is 273 g/mol. The van der Waals surface area contributed by atoms with Gasteiger partial charge in [-0.2, -0.15) is 0 Å². The van der Waals surface area contributed by atoms with E-state index in [1.165, 1.54) is 12.8 Å². The Labute approximate surface area is 117 Å². The summed E-state index contributed by atoms with van der Waals surface area (Å²) in [6.45, 7) is 0. The van der Waals surface area contributed by atoms with Crippen LogP contribution in [0.5, 0.6) is 0 Å². The Morgan fingerprint density at radius 2 is 1.74 bits per heavy atom. The van der Waals surface area contributed by atoms with E-state index in [9.17, 15) is 0 Å². The summed E-state index contributed by atoms with van der Waals surface area (Å²) in [6, 6.07) is 9.15. The van der Waals surface area contributed by atoms with Crippen LogP contribution in [-0.2, 0) is 0 Å². The number of alkyl halides is 1. The van der Waals surface area contributed by atoms with E-state index in [4.69, 9.17) is 16.6 Å². The molecule has 1 aromatic heterocycles. The van der Waals surface area contributed by atoms with Crippen LogP contribution in [0.2, 0.25) is 0 Å². The molecule has 19 heavy (non-hydrogen) atoms. The van der Waals surface area contributed by atoms with Crippen molar-refractivity contribution < 1.29 is 0 Å².